The van der Waals surface area contributed by atoms with Gasteiger partial charge in [0.15, 0.2) is 0 Å². The van der Waals surface area contributed by atoms with E-state index in [0.29, 0.717) is 0 Å². The van der Waals surface area contributed by atoms with Crippen molar-refractivity contribution in [2.45, 2.75) is 31.1 Å². The van der Waals surface area contributed by atoms with Crippen LogP contribution in [0.25, 0.3) is 93.9 Å². The lowest BCUT2D eigenvalue weighted by Gasteiger charge is -2.28. The molecule has 3 aliphatic rings. The van der Waals surface area contributed by atoms with Crippen molar-refractivity contribution >= 4 is 49.6 Å². The molecular formula is C63H44N2. The fourth-order valence-electron chi connectivity index (χ4n) is 12.2. The Kier molecular flexibility index (Phi) is 7.89. The molecule has 0 amide bonds. The zero-order valence-corrected chi connectivity index (χ0v) is 36.0. The highest BCUT2D eigenvalue weighted by atomic mass is 15.1. The van der Waals surface area contributed by atoms with E-state index in [9.17, 15) is 0 Å². The summed E-state index contributed by atoms with van der Waals surface area (Å²) in [6, 6.07) is 81.6. The van der Waals surface area contributed by atoms with Crippen LogP contribution in [0.15, 0.2) is 218 Å². The maximum absolute atomic E-state index is 2.61. The Morgan fingerprint density at radius 3 is 1.86 bits per heavy atom. The molecule has 1 aliphatic heterocycles. The minimum atomic E-state index is -0.000584. The van der Waals surface area contributed by atoms with Gasteiger partial charge in [0.25, 0.3) is 0 Å². The van der Waals surface area contributed by atoms with Gasteiger partial charge < -0.3 is 9.47 Å². The Labute approximate surface area is 379 Å². The average Bonchev–Trinajstić information content (AvgIpc) is 4.06. The highest BCUT2D eigenvalue weighted by molar-refractivity contribution is 6.19. The second-order valence-electron chi connectivity index (χ2n) is 18.4. The van der Waals surface area contributed by atoms with Crippen molar-refractivity contribution in [1.29, 1.82) is 0 Å². The van der Waals surface area contributed by atoms with Crippen LogP contribution in [0.5, 0.6) is 0 Å². The van der Waals surface area contributed by atoms with Gasteiger partial charge in [-0.1, -0.05) is 171 Å². The number of fused-ring (bicyclic) bond motifs is 9. The summed E-state index contributed by atoms with van der Waals surface area (Å²) in [5, 5.41) is 5.16. The molecule has 1 fully saturated rings. The predicted molar refractivity (Wildman–Crippen MR) is 273 cm³/mol. The Hall–Kier alpha value is -7.94. The highest BCUT2D eigenvalue weighted by Gasteiger charge is 2.48. The SMILES string of the molecule is c1ccc(-c2ccc(N(c3cccc(-c4ccccc4)c3)c3ccc4cccc(-c5cc6c7c(c5)C5(CCCC5)c5ccc8c9ccccc9n(c8c5-7)-c5ccccc5-6)c4c3)cc2)cc1. The summed E-state index contributed by atoms with van der Waals surface area (Å²) in [7, 11) is 0. The molecule has 1 spiro atoms. The van der Waals surface area contributed by atoms with Gasteiger partial charge in [-0.3, -0.25) is 0 Å². The van der Waals surface area contributed by atoms with Crippen LogP contribution < -0.4 is 4.90 Å². The highest BCUT2D eigenvalue weighted by Crippen LogP contribution is 2.63. The minimum Gasteiger partial charge on any atom is -0.310 e. The smallest absolute Gasteiger partial charge is 0.0623 e. The maximum Gasteiger partial charge on any atom is 0.0623 e. The van der Waals surface area contributed by atoms with Crippen LogP contribution in [0, 0.1) is 0 Å². The van der Waals surface area contributed by atoms with Crippen molar-refractivity contribution in [2.24, 2.45) is 0 Å². The van der Waals surface area contributed by atoms with Crippen LogP contribution in [0.2, 0.25) is 0 Å². The van der Waals surface area contributed by atoms with E-state index in [0.717, 1.165) is 17.1 Å². The van der Waals surface area contributed by atoms with Gasteiger partial charge in [0.05, 0.1) is 16.7 Å². The third-order valence-corrected chi connectivity index (χ3v) is 15.0. The molecule has 0 atom stereocenters. The van der Waals surface area contributed by atoms with Crippen molar-refractivity contribution in [2.75, 3.05) is 4.90 Å². The van der Waals surface area contributed by atoms with Crippen LogP contribution in [0.1, 0.15) is 36.8 Å². The van der Waals surface area contributed by atoms with E-state index in [2.05, 4.69) is 228 Å². The number of hydrogen-bond donors (Lipinski definition) is 0. The Morgan fingerprint density at radius 2 is 1.03 bits per heavy atom. The molecule has 0 unspecified atom stereocenters. The van der Waals surface area contributed by atoms with Crippen LogP contribution in [-0.2, 0) is 5.41 Å². The van der Waals surface area contributed by atoms with Gasteiger partial charge in [-0.05, 0) is 140 Å². The molecular weight excluding hydrogens is 785 g/mol. The zero-order chi connectivity index (χ0) is 42.6. The maximum atomic E-state index is 2.61. The zero-order valence-electron chi connectivity index (χ0n) is 36.0. The van der Waals surface area contributed by atoms with Crippen LogP contribution >= 0.6 is 0 Å². The molecule has 11 aromatic rings. The topological polar surface area (TPSA) is 8.17 Å². The number of benzene rings is 10. The van der Waals surface area contributed by atoms with Crippen molar-refractivity contribution < 1.29 is 0 Å². The largest absolute Gasteiger partial charge is 0.310 e. The normalized spacial score (nSPS) is 14.0. The Bertz CT molecular complexity index is 3700. The van der Waals surface area contributed by atoms with E-state index >= 15 is 0 Å². The van der Waals surface area contributed by atoms with Crippen molar-refractivity contribution in [3.05, 3.63) is 230 Å². The quantitative estimate of drug-likeness (QED) is 0.162. The third-order valence-electron chi connectivity index (χ3n) is 15.0. The van der Waals surface area contributed by atoms with E-state index in [-0.39, 0.29) is 5.41 Å². The summed E-state index contributed by atoms with van der Waals surface area (Å²) in [6.07, 6.45) is 4.87. The average molecular weight is 829 g/mol. The molecule has 10 aromatic carbocycles. The summed E-state index contributed by atoms with van der Waals surface area (Å²) in [5.74, 6) is 0. The summed E-state index contributed by atoms with van der Waals surface area (Å²) in [6.45, 7) is 0. The second kappa shape index (κ2) is 14.0. The minimum absolute atomic E-state index is 0.000584. The number of para-hydroxylation sites is 2. The number of aromatic nitrogens is 1. The predicted octanol–water partition coefficient (Wildman–Crippen LogP) is 17.2. The summed E-state index contributed by atoms with van der Waals surface area (Å²) < 4.78 is 2.59. The second-order valence-corrected chi connectivity index (χ2v) is 18.4. The molecule has 1 aromatic heterocycles. The van der Waals surface area contributed by atoms with Crippen LogP contribution in [0.4, 0.5) is 17.1 Å². The van der Waals surface area contributed by atoms with Gasteiger partial charge in [-0.2, -0.15) is 0 Å². The number of rotatable bonds is 6. The van der Waals surface area contributed by atoms with Gasteiger partial charge in [0.1, 0.15) is 0 Å². The van der Waals surface area contributed by atoms with E-state index < -0.39 is 0 Å². The first-order valence-corrected chi connectivity index (χ1v) is 23.2. The van der Waals surface area contributed by atoms with Crippen LogP contribution in [-0.4, -0.2) is 4.57 Å². The summed E-state index contributed by atoms with van der Waals surface area (Å²) in [5.41, 5.74) is 23.2. The molecule has 65 heavy (non-hydrogen) atoms. The standard InChI is InChI=1S/C63H44N2/c1-3-15-41(16-4-1)43-27-30-47(31-28-43)64(48-21-13-20-45(37-48)42-17-5-2-6-18-42)49-32-29-44-19-14-24-50(54(44)40-49)46-38-55-52-23-8-10-26-59(52)65-58-25-9-7-22-51(58)53-33-34-56-61(62(53)65)60(55)57(39-46)63(56)35-11-12-36-63/h1-10,13-34,37-40H,11-12,35-36H2. The lowest BCUT2D eigenvalue weighted by Crippen LogP contribution is -2.20. The lowest BCUT2D eigenvalue weighted by atomic mass is 9.75. The van der Waals surface area contributed by atoms with Gasteiger partial charge in [-0.15, -0.1) is 0 Å². The van der Waals surface area contributed by atoms with Gasteiger partial charge in [0.2, 0.25) is 0 Å². The first kappa shape index (κ1) is 36.5. The van der Waals surface area contributed by atoms with Crippen molar-refractivity contribution in [1.82, 2.24) is 4.57 Å². The number of hydrogen-bond acceptors (Lipinski definition) is 1. The summed E-state index contributed by atoms with van der Waals surface area (Å²) >= 11 is 0. The van der Waals surface area contributed by atoms with E-state index in [1.54, 1.807) is 0 Å². The van der Waals surface area contributed by atoms with E-state index in [4.69, 9.17) is 0 Å². The van der Waals surface area contributed by atoms with Gasteiger partial charge >= 0.3 is 0 Å². The van der Waals surface area contributed by atoms with E-state index in [1.807, 2.05) is 0 Å². The molecule has 14 rings (SSSR count). The molecule has 0 radical (unpaired) electrons. The molecule has 2 aliphatic carbocycles. The molecule has 306 valence electrons. The molecule has 1 saturated carbocycles. The molecule has 0 N–H and O–H groups in total. The Morgan fingerprint density at radius 1 is 0.369 bits per heavy atom. The Balaban J connectivity index is 0.992. The first-order chi connectivity index (χ1) is 32.2. The number of nitrogens with zero attached hydrogens (tertiary/aromatic N) is 2. The number of anilines is 3. The van der Waals surface area contributed by atoms with E-state index in [1.165, 1.54) is 131 Å². The van der Waals surface area contributed by atoms with Crippen LogP contribution in [0.3, 0.4) is 0 Å². The molecule has 2 heteroatoms. The fraction of sp³-hybridized carbons (Fsp3) is 0.0794. The van der Waals surface area contributed by atoms with Gasteiger partial charge in [0, 0.05) is 44.4 Å². The third kappa shape index (κ3) is 5.35. The lowest BCUT2D eigenvalue weighted by molar-refractivity contribution is 0.550. The fourth-order valence-corrected chi connectivity index (χ4v) is 12.2. The summed E-state index contributed by atoms with van der Waals surface area (Å²) in [4.78, 5) is 2.43. The first-order valence-electron chi connectivity index (χ1n) is 23.2. The molecule has 2 nitrogen and oxygen atoms in total. The molecule has 0 saturated heterocycles. The molecule has 2 heterocycles. The molecule has 0 bridgehead atoms. The van der Waals surface area contributed by atoms with Crippen molar-refractivity contribution in [3.8, 4) is 61.3 Å². The van der Waals surface area contributed by atoms with Crippen molar-refractivity contribution in [3.63, 3.8) is 0 Å². The monoisotopic (exact) mass is 828 g/mol. The van der Waals surface area contributed by atoms with Gasteiger partial charge in [-0.25, -0.2) is 0 Å².